The molecule has 3 aromatic rings. The minimum absolute atomic E-state index is 0.606. The fourth-order valence-electron chi connectivity index (χ4n) is 1.82. The minimum Gasteiger partial charge on any atom is -0.384 e. The second kappa shape index (κ2) is 3.90. The van der Waals surface area contributed by atoms with Gasteiger partial charge in [-0.05, 0) is 17.7 Å². The van der Waals surface area contributed by atoms with E-state index in [9.17, 15) is 0 Å². The summed E-state index contributed by atoms with van der Waals surface area (Å²) in [5.41, 5.74) is 7.81. The van der Waals surface area contributed by atoms with Gasteiger partial charge in [-0.15, -0.1) is 5.10 Å². The van der Waals surface area contributed by atoms with Crippen molar-refractivity contribution in [3.63, 3.8) is 0 Å². The summed E-state index contributed by atoms with van der Waals surface area (Å²) in [4.78, 5) is 4.44. The van der Waals surface area contributed by atoms with Crippen molar-refractivity contribution in [1.29, 1.82) is 0 Å². The lowest BCUT2D eigenvalue weighted by Crippen LogP contribution is -1.98. The Bertz CT molecular complexity index is 643. The van der Waals surface area contributed by atoms with Gasteiger partial charge in [-0.1, -0.05) is 36.4 Å². The molecule has 2 N–H and O–H groups in total. The molecule has 0 amide bonds. The molecule has 84 valence electrons. The van der Waals surface area contributed by atoms with Crippen LogP contribution in [0, 0.1) is 0 Å². The average Bonchev–Trinajstić information content (AvgIpc) is 2.74. The van der Waals surface area contributed by atoms with Crippen LogP contribution in [0.25, 0.3) is 5.65 Å². The van der Waals surface area contributed by atoms with Crippen molar-refractivity contribution in [3.05, 3.63) is 59.9 Å². The maximum atomic E-state index is 5.82. The molecule has 0 bridgehead atoms. The van der Waals surface area contributed by atoms with Crippen LogP contribution in [0.4, 0.5) is 5.82 Å². The number of anilines is 1. The van der Waals surface area contributed by atoms with E-state index < -0.39 is 0 Å². The molecule has 0 unspecified atom stereocenters. The van der Waals surface area contributed by atoms with Crippen molar-refractivity contribution >= 4 is 11.5 Å². The van der Waals surface area contributed by atoms with Crippen molar-refractivity contribution in [2.24, 2.45) is 0 Å². The summed E-state index contributed by atoms with van der Waals surface area (Å²) in [6.07, 6.45) is 0.724. The first-order chi connectivity index (χ1) is 8.33. The van der Waals surface area contributed by atoms with Gasteiger partial charge in [-0.25, -0.2) is 4.98 Å². The van der Waals surface area contributed by atoms with Crippen LogP contribution in [0.5, 0.6) is 0 Å². The highest BCUT2D eigenvalue weighted by molar-refractivity contribution is 5.46. The molecule has 4 heteroatoms. The van der Waals surface area contributed by atoms with Gasteiger partial charge in [0.25, 0.3) is 0 Å². The Labute approximate surface area is 98.7 Å². The maximum Gasteiger partial charge on any atom is 0.157 e. The van der Waals surface area contributed by atoms with Gasteiger partial charge in [0.05, 0.1) is 0 Å². The zero-order chi connectivity index (χ0) is 11.7. The van der Waals surface area contributed by atoms with Crippen LogP contribution < -0.4 is 5.73 Å². The Hall–Kier alpha value is -2.36. The molecular formula is C13H12N4. The van der Waals surface area contributed by atoms with E-state index in [0.717, 1.165) is 17.9 Å². The number of hydrogen-bond acceptors (Lipinski definition) is 3. The monoisotopic (exact) mass is 224 g/mol. The SMILES string of the molecule is Nc1cccc2nc(Cc3ccccc3)nn12. The van der Waals surface area contributed by atoms with E-state index in [-0.39, 0.29) is 0 Å². The Morgan fingerprint density at radius 2 is 1.82 bits per heavy atom. The highest BCUT2D eigenvalue weighted by atomic mass is 15.3. The van der Waals surface area contributed by atoms with Gasteiger partial charge >= 0.3 is 0 Å². The predicted molar refractivity (Wildman–Crippen MR) is 66.6 cm³/mol. The molecule has 0 saturated carbocycles. The van der Waals surface area contributed by atoms with E-state index >= 15 is 0 Å². The van der Waals surface area contributed by atoms with Crippen LogP contribution in [0.2, 0.25) is 0 Å². The minimum atomic E-state index is 0.606. The number of nitrogens with two attached hydrogens (primary N) is 1. The van der Waals surface area contributed by atoms with Crippen LogP contribution >= 0.6 is 0 Å². The second-order valence-corrected chi connectivity index (χ2v) is 3.91. The standard InChI is InChI=1S/C13H12N4/c14-11-7-4-8-13-15-12(16-17(11)13)9-10-5-2-1-3-6-10/h1-8H,9,14H2. The molecule has 0 atom stereocenters. The van der Waals surface area contributed by atoms with Crippen LogP contribution in [0.1, 0.15) is 11.4 Å². The third-order valence-corrected chi connectivity index (χ3v) is 2.64. The van der Waals surface area contributed by atoms with E-state index in [1.54, 1.807) is 4.52 Å². The summed E-state index contributed by atoms with van der Waals surface area (Å²) in [6.45, 7) is 0. The smallest absolute Gasteiger partial charge is 0.157 e. The zero-order valence-corrected chi connectivity index (χ0v) is 9.24. The molecule has 0 aliphatic rings. The molecule has 0 spiro atoms. The molecule has 1 aromatic carbocycles. The molecule has 17 heavy (non-hydrogen) atoms. The molecular weight excluding hydrogens is 212 g/mol. The molecule has 0 radical (unpaired) electrons. The maximum absolute atomic E-state index is 5.82. The number of hydrogen-bond donors (Lipinski definition) is 1. The average molecular weight is 224 g/mol. The third kappa shape index (κ3) is 1.85. The Morgan fingerprint density at radius 3 is 2.59 bits per heavy atom. The quantitative estimate of drug-likeness (QED) is 0.723. The number of nitrogens with zero attached hydrogens (tertiary/aromatic N) is 3. The van der Waals surface area contributed by atoms with Gasteiger partial charge in [0.15, 0.2) is 11.5 Å². The van der Waals surface area contributed by atoms with Gasteiger partial charge in [0.2, 0.25) is 0 Å². The highest BCUT2D eigenvalue weighted by Gasteiger charge is 2.05. The lowest BCUT2D eigenvalue weighted by molar-refractivity contribution is 0.908. The Morgan fingerprint density at radius 1 is 1.00 bits per heavy atom. The summed E-state index contributed by atoms with van der Waals surface area (Å²) in [7, 11) is 0. The third-order valence-electron chi connectivity index (χ3n) is 2.64. The summed E-state index contributed by atoms with van der Waals surface area (Å²) in [6, 6.07) is 15.7. The first kappa shape index (κ1) is 9.84. The predicted octanol–water partition coefficient (Wildman–Crippen LogP) is 1.90. The number of nitrogen functional groups attached to an aromatic ring is 1. The first-order valence-corrected chi connectivity index (χ1v) is 5.47. The molecule has 2 aromatic heterocycles. The molecule has 0 fully saturated rings. The summed E-state index contributed by atoms with van der Waals surface area (Å²) in [5, 5.41) is 4.39. The number of pyridine rings is 1. The van der Waals surface area contributed by atoms with Gasteiger partial charge in [0, 0.05) is 6.42 Å². The van der Waals surface area contributed by atoms with Crippen molar-refractivity contribution in [1.82, 2.24) is 14.6 Å². The summed E-state index contributed by atoms with van der Waals surface area (Å²) < 4.78 is 1.66. The topological polar surface area (TPSA) is 56.2 Å². The normalized spacial score (nSPS) is 10.8. The van der Waals surface area contributed by atoms with Crippen LogP contribution in [-0.4, -0.2) is 14.6 Å². The van der Waals surface area contributed by atoms with E-state index in [0.29, 0.717) is 5.82 Å². The zero-order valence-electron chi connectivity index (χ0n) is 9.24. The fourth-order valence-corrected chi connectivity index (χ4v) is 1.82. The van der Waals surface area contributed by atoms with Crippen LogP contribution in [-0.2, 0) is 6.42 Å². The number of rotatable bonds is 2. The molecule has 3 rings (SSSR count). The number of fused-ring (bicyclic) bond motifs is 1. The van der Waals surface area contributed by atoms with E-state index in [1.807, 2.05) is 36.4 Å². The van der Waals surface area contributed by atoms with Crippen LogP contribution in [0.3, 0.4) is 0 Å². The Kier molecular flexibility index (Phi) is 2.26. The number of aromatic nitrogens is 3. The lowest BCUT2D eigenvalue weighted by Gasteiger charge is -1.95. The van der Waals surface area contributed by atoms with Crippen molar-refractivity contribution < 1.29 is 0 Å². The van der Waals surface area contributed by atoms with Crippen molar-refractivity contribution in [2.45, 2.75) is 6.42 Å². The molecule has 2 heterocycles. The molecule has 0 saturated heterocycles. The Balaban J connectivity index is 1.99. The van der Waals surface area contributed by atoms with Gasteiger partial charge in [-0.2, -0.15) is 4.52 Å². The van der Waals surface area contributed by atoms with Crippen molar-refractivity contribution in [3.8, 4) is 0 Å². The molecule has 4 nitrogen and oxygen atoms in total. The number of benzene rings is 1. The van der Waals surface area contributed by atoms with E-state index in [1.165, 1.54) is 5.56 Å². The van der Waals surface area contributed by atoms with Gasteiger partial charge in [-0.3, -0.25) is 0 Å². The lowest BCUT2D eigenvalue weighted by atomic mass is 10.1. The fraction of sp³-hybridized carbons (Fsp3) is 0.0769. The summed E-state index contributed by atoms with van der Waals surface area (Å²) >= 11 is 0. The molecule has 0 aliphatic carbocycles. The molecule has 0 aliphatic heterocycles. The van der Waals surface area contributed by atoms with Gasteiger partial charge < -0.3 is 5.73 Å². The highest BCUT2D eigenvalue weighted by Crippen LogP contribution is 2.10. The second-order valence-electron chi connectivity index (χ2n) is 3.91. The van der Waals surface area contributed by atoms with Crippen LogP contribution in [0.15, 0.2) is 48.5 Å². The largest absolute Gasteiger partial charge is 0.384 e. The van der Waals surface area contributed by atoms with Crippen molar-refractivity contribution in [2.75, 3.05) is 5.73 Å². The van der Waals surface area contributed by atoms with E-state index in [2.05, 4.69) is 22.2 Å². The first-order valence-electron chi connectivity index (χ1n) is 5.47. The van der Waals surface area contributed by atoms with Gasteiger partial charge in [0.1, 0.15) is 5.82 Å². The van der Waals surface area contributed by atoms with E-state index in [4.69, 9.17) is 5.73 Å². The summed E-state index contributed by atoms with van der Waals surface area (Å²) in [5.74, 6) is 1.39.